The number of aromatic nitrogens is 1. The van der Waals surface area contributed by atoms with Gasteiger partial charge in [-0.1, -0.05) is 6.92 Å². The molecule has 1 heterocycles. The van der Waals surface area contributed by atoms with Gasteiger partial charge in [-0.25, -0.2) is 0 Å². The van der Waals surface area contributed by atoms with E-state index in [0.717, 1.165) is 24.0 Å². The number of aryl methyl sites for hydroxylation is 1. The third kappa shape index (κ3) is 5.03. The van der Waals surface area contributed by atoms with Gasteiger partial charge in [-0.05, 0) is 30.7 Å². The molecule has 0 bridgehead atoms. The molecule has 0 aliphatic rings. The van der Waals surface area contributed by atoms with Crippen molar-refractivity contribution in [3.63, 3.8) is 0 Å². The third-order valence-corrected chi connectivity index (χ3v) is 4.37. The summed E-state index contributed by atoms with van der Waals surface area (Å²) < 4.78 is 6.76. The zero-order valence-electron chi connectivity index (χ0n) is 13.5. The fraction of sp³-hybridized carbons (Fsp3) is 0.412. The lowest BCUT2D eigenvalue weighted by Crippen LogP contribution is -2.13. The van der Waals surface area contributed by atoms with Gasteiger partial charge in [-0.15, -0.1) is 11.8 Å². The van der Waals surface area contributed by atoms with Gasteiger partial charge in [0.05, 0.1) is 12.9 Å². The second kappa shape index (κ2) is 8.62. The van der Waals surface area contributed by atoms with E-state index in [1.165, 1.54) is 24.4 Å². The maximum Gasteiger partial charge on any atom is 0.315 e. The molecule has 0 saturated carbocycles. The minimum atomic E-state index is -0.266. The van der Waals surface area contributed by atoms with Gasteiger partial charge in [0.2, 0.25) is 5.91 Å². The summed E-state index contributed by atoms with van der Waals surface area (Å²) in [5.41, 5.74) is 1.98. The Kier molecular flexibility index (Phi) is 6.52. The maximum absolute atomic E-state index is 11.9. The third-order valence-electron chi connectivity index (χ3n) is 3.44. The predicted octanol–water partition coefficient (Wildman–Crippen LogP) is 3.29. The Morgan fingerprint density at radius 1 is 1.30 bits per heavy atom. The topological polar surface area (TPSA) is 60.3 Å². The van der Waals surface area contributed by atoms with Crippen molar-refractivity contribution in [3.05, 3.63) is 30.5 Å². The molecule has 0 fully saturated rings. The van der Waals surface area contributed by atoms with Gasteiger partial charge in [0.25, 0.3) is 0 Å². The number of esters is 1. The number of benzene rings is 1. The lowest BCUT2D eigenvalue weighted by molar-refractivity contribution is -0.137. The van der Waals surface area contributed by atoms with Crippen LogP contribution in [0.1, 0.15) is 19.8 Å². The standard InChI is InChI=1S/C17H22N2O3S/c1-3-8-19-9-6-13-11-14(4-5-15(13)19)18-16(20)7-10-23-12-17(21)22-2/h4-6,9,11H,3,7-8,10,12H2,1-2H3,(H,18,20). The number of anilines is 1. The Hall–Kier alpha value is -1.95. The average molecular weight is 334 g/mol. The monoisotopic (exact) mass is 334 g/mol. The molecule has 0 aliphatic heterocycles. The molecule has 0 unspecified atom stereocenters. The van der Waals surface area contributed by atoms with Crippen molar-refractivity contribution in [2.24, 2.45) is 0 Å². The summed E-state index contributed by atoms with van der Waals surface area (Å²) in [6.45, 7) is 3.14. The average Bonchev–Trinajstić information content (AvgIpc) is 2.94. The number of fused-ring (bicyclic) bond motifs is 1. The Bertz CT molecular complexity index is 682. The van der Waals surface area contributed by atoms with Crippen LogP contribution in [0.25, 0.3) is 10.9 Å². The van der Waals surface area contributed by atoms with Crippen LogP contribution in [0.3, 0.4) is 0 Å². The number of thioether (sulfide) groups is 1. The number of rotatable bonds is 8. The number of methoxy groups -OCH3 is 1. The van der Waals surface area contributed by atoms with Gasteiger partial charge >= 0.3 is 5.97 Å². The van der Waals surface area contributed by atoms with Gasteiger partial charge in [0.15, 0.2) is 0 Å². The molecule has 5 nitrogen and oxygen atoms in total. The number of nitrogens with zero attached hydrogens (tertiary/aromatic N) is 1. The largest absolute Gasteiger partial charge is 0.468 e. The van der Waals surface area contributed by atoms with E-state index in [2.05, 4.69) is 33.8 Å². The Labute approximate surface area is 140 Å². The van der Waals surface area contributed by atoms with E-state index in [1.54, 1.807) is 0 Å². The van der Waals surface area contributed by atoms with Crippen LogP contribution in [0.2, 0.25) is 0 Å². The molecule has 0 saturated heterocycles. The van der Waals surface area contributed by atoms with E-state index in [9.17, 15) is 9.59 Å². The van der Waals surface area contributed by atoms with Crippen molar-refractivity contribution >= 4 is 40.2 Å². The first-order chi connectivity index (χ1) is 11.1. The number of carbonyl (C=O) groups excluding carboxylic acids is 2. The molecule has 2 rings (SSSR count). The molecule has 0 aliphatic carbocycles. The van der Waals surface area contributed by atoms with Crippen LogP contribution in [0.5, 0.6) is 0 Å². The molecule has 1 N–H and O–H groups in total. The SMILES string of the molecule is CCCn1ccc2cc(NC(=O)CCSCC(=O)OC)ccc21. The quantitative estimate of drug-likeness (QED) is 0.594. The molecular formula is C17H22N2O3S. The predicted molar refractivity (Wildman–Crippen MR) is 94.8 cm³/mol. The fourth-order valence-corrected chi connectivity index (χ4v) is 3.08. The molecule has 124 valence electrons. The molecule has 1 aromatic carbocycles. The van der Waals surface area contributed by atoms with Crippen molar-refractivity contribution in [3.8, 4) is 0 Å². The van der Waals surface area contributed by atoms with Crippen LogP contribution in [-0.4, -0.2) is 35.1 Å². The van der Waals surface area contributed by atoms with E-state index in [-0.39, 0.29) is 17.6 Å². The first kappa shape index (κ1) is 17.4. The smallest absolute Gasteiger partial charge is 0.315 e. The number of amides is 1. The summed E-state index contributed by atoms with van der Waals surface area (Å²) in [4.78, 5) is 22.9. The number of hydrogen-bond donors (Lipinski definition) is 1. The Balaban J connectivity index is 1.86. The van der Waals surface area contributed by atoms with Crippen molar-refractivity contribution in [1.29, 1.82) is 0 Å². The van der Waals surface area contributed by atoms with Crippen molar-refractivity contribution < 1.29 is 14.3 Å². The van der Waals surface area contributed by atoms with E-state index in [4.69, 9.17) is 0 Å². The highest BCUT2D eigenvalue weighted by Crippen LogP contribution is 2.21. The van der Waals surface area contributed by atoms with Crippen molar-refractivity contribution in [1.82, 2.24) is 4.57 Å². The summed E-state index contributed by atoms with van der Waals surface area (Å²) in [6, 6.07) is 8.01. The summed E-state index contributed by atoms with van der Waals surface area (Å²) in [5.74, 6) is 0.559. The highest BCUT2D eigenvalue weighted by molar-refractivity contribution is 7.99. The molecule has 1 aromatic heterocycles. The van der Waals surface area contributed by atoms with E-state index < -0.39 is 0 Å². The molecule has 23 heavy (non-hydrogen) atoms. The van der Waals surface area contributed by atoms with Gasteiger partial charge < -0.3 is 14.6 Å². The van der Waals surface area contributed by atoms with Crippen molar-refractivity contribution in [2.75, 3.05) is 23.9 Å². The first-order valence-corrected chi connectivity index (χ1v) is 8.82. The second-order valence-electron chi connectivity index (χ2n) is 5.21. The van der Waals surface area contributed by atoms with Gasteiger partial charge in [0.1, 0.15) is 0 Å². The highest BCUT2D eigenvalue weighted by atomic mass is 32.2. The Morgan fingerprint density at radius 2 is 2.13 bits per heavy atom. The maximum atomic E-state index is 11.9. The number of nitrogens with one attached hydrogen (secondary N) is 1. The molecule has 0 radical (unpaired) electrons. The number of carbonyl (C=O) groups is 2. The number of hydrogen-bond acceptors (Lipinski definition) is 4. The van der Waals surface area contributed by atoms with Crippen molar-refractivity contribution in [2.45, 2.75) is 26.3 Å². The van der Waals surface area contributed by atoms with Gasteiger partial charge in [0, 0.05) is 41.5 Å². The minimum absolute atomic E-state index is 0.0466. The zero-order chi connectivity index (χ0) is 16.7. The fourth-order valence-electron chi connectivity index (χ4n) is 2.32. The lowest BCUT2D eigenvalue weighted by Gasteiger charge is -2.07. The summed E-state index contributed by atoms with van der Waals surface area (Å²) in [5, 5.41) is 4.02. The summed E-state index contributed by atoms with van der Waals surface area (Å²) in [6.07, 6.45) is 3.53. The van der Waals surface area contributed by atoms with Crippen LogP contribution in [-0.2, 0) is 20.9 Å². The normalized spacial score (nSPS) is 10.7. The molecule has 0 spiro atoms. The molecular weight excluding hydrogens is 312 g/mol. The van der Waals surface area contributed by atoms with Gasteiger partial charge in [-0.3, -0.25) is 9.59 Å². The van der Waals surface area contributed by atoms with Crippen LogP contribution in [0.4, 0.5) is 5.69 Å². The van der Waals surface area contributed by atoms with Crippen LogP contribution in [0.15, 0.2) is 30.5 Å². The van der Waals surface area contributed by atoms with Crippen LogP contribution < -0.4 is 5.32 Å². The van der Waals surface area contributed by atoms with E-state index >= 15 is 0 Å². The summed E-state index contributed by atoms with van der Waals surface area (Å²) >= 11 is 1.40. The van der Waals surface area contributed by atoms with Gasteiger partial charge in [-0.2, -0.15) is 0 Å². The van der Waals surface area contributed by atoms with E-state index in [0.29, 0.717) is 12.2 Å². The lowest BCUT2D eigenvalue weighted by atomic mass is 10.2. The molecule has 6 heteroatoms. The summed E-state index contributed by atoms with van der Waals surface area (Å²) in [7, 11) is 1.36. The second-order valence-corrected chi connectivity index (χ2v) is 6.31. The first-order valence-electron chi connectivity index (χ1n) is 7.67. The van der Waals surface area contributed by atoms with Crippen LogP contribution in [0, 0.1) is 0 Å². The molecule has 1 amide bonds. The molecule has 0 atom stereocenters. The van der Waals surface area contributed by atoms with Crippen LogP contribution >= 0.6 is 11.8 Å². The minimum Gasteiger partial charge on any atom is -0.468 e. The zero-order valence-corrected chi connectivity index (χ0v) is 14.3. The van der Waals surface area contributed by atoms with E-state index in [1.807, 2.05) is 18.2 Å². The Morgan fingerprint density at radius 3 is 2.87 bits per heavy atom. The molecule has 2 aromatic rings. The highest BCUT2D eigenvalue weighted by Gasteiger charge is 2.06. The number of ether oxygens (including phenoxy) is 1.